The van der Waals surface area contributed by atoms with Crippen molar-refractivity contribution in [3.63, 3.8) is 0 Å². The van der Waals surface area contributed by atoms with Gasteiger partial charge >= 0.3 is 11.4 Å². The van der Waals surface area contributed by atoms with E-state index in [1.54, 1.807) is 24.3 Å². The molecule has 0 aliphatic carbocycles. The predicted molar refractivity (Wildman–Crippen MR) is 246 cm³/mol. The molecule has 3 aromatic carbocycles. The second kappa shape index (κ2) is 27.6. The van der Waals surface area contributed by atoms with Crippen molar-refractivity contribution in [2.24, 2.45) is 0 Å². The standard InChI is InChI=1S/C15H24ClNO4Si.C9H12ClNO2.C9H22O2Si.C6H4ClNO3.CH4/c1-15(2,3)22(4,5)21-10-6-9-20-14-8-7-12(16)11-13(14)17(18)19;10-7-2-3-9(8(11)6-7)13-5-1-4-12;1-9(2,3)12(4,5)11-8-6-7-10;7-4-1-2-6(9)5(3-4)8(10)11;/h7-8,11H,6,9-10H2,1-5H3;2-3,6,12H,1,4-5,11H2;10H,6-8H2,1-5H3;1-3,9H;1H4. The van der Waals surface area contributed by atoms with Gasteiger partial charge in [-0.2, -0.15) is 0 Å². The fourth-order valence-electron chi connectivity index (χ4n) is 3.69. The highest BCUT2D eigenvalue weighted by Crippen LogP contribution is 2.37. The predicted octanol–water partition coefficient (Wildman–Crippen LogP) is 11.7. The van der Waals surface area contributed by atoms with E-state index in [0.717, 1.165) is 12.5 Å². The third-order valence-electron chi connectivity index (χ3n) is 9.17. The summed E-state index contributed by atoms with van der Waals surface area (Å²) in [5.74, 6) is 0.471. The zero-order chi connectivity index (χ0) is 44.9. The quantitative estimate of drug-likeness (QED) is 0.0348. The zero-order valence-corrected chi connectivity index (χ0v) is 39.5. The first-order valence-corrected chi connectivity index (χ1v) is 25.5. The average molecular weight is 928 g/mol. The number of nitro benzene ring substituents is 2. The molecule has 0 aliphatic rings. The molecule has 0 saturated carbocycles. The minimum Gasteiger partial charge on any atom is -0.502 e. The van der Waals surface area contributed by atoms with Crippen molar-refractivity contribution in [2.45, 2.75) is 104 Å². The molecule has 336 valence electrons. The van der Waals surface area contributed by atoms with Gasteiger partial charge in [0.15, 0.2) is 28.1 Å². The summed E-state index contributed by atoms with van der Waals surface area (Å²) in [6.07, 6.45) is 2.04. The van der Waals surface area contributed by atoms with Crippen molar-refractivity contribution in [1.29, 1.82) is 0 Å². The summed E-state index contributed by atoms with van der Waals surface area (Å²) in [5, 5.41) is 48.7. The molecular formula is C40H66Cl3N3O11Si2. The smallest absolute Gasteiger partial charge is 0.312 e. The van der Waals surface area contributed by atoms with Crippen LogP contribution in [-0.2, 0) is 8.85 Å². The van der Waals surface area contributed by atoms with E-state index in [1.165, 1.54) is 24.3 Å². The third kappa shape index (κ3) is 22.8. The van der Waals surface area contributed by atoms with Crippen LogP contribution in [0.5, 0.6) is 17.2 Å². The fourth-order valence-corrected chi connectivity index (χ4v) is 6.38. The van der Waals surface area contributed by atoms with Crippen LogP contribution >= 0.6 is 34.8 Å². The Morgan fingerprint density at radius 3 is 1.42 bits per heavy atom. The fraction of sp³-hybridized carbons (Fsp3) is 0.550. The summed E-state index contributed by atoms with van der Waals surface area (Å²) >= 11 is 16.9. The largest absolute Gasteiger partial charge is 0.502 e. The number of phenolic OH excluding ortho intramolecular Hbond substituents is 1. The van der Waals surface area contributed by atoms with Gasteiger partial charge in [-0.25, -0.2) is 0 Å². The minimum atomic E-state index is -1.75. The lowest BCUT2D eigenvalue weighted by Gasteiger charge is -2.36. The van der Waals surface area contributed by atoms with Gasteiger partial charge in [0.2, 0.25) is 0 Å². The molecule has 14 nitrogen and oxygen atoms in total. The lowest BCUT2D eigenvalue weighted by molar-refractivity contribution is -0.386. The molecule has 0 spiro atoms. The second-order valence-electron chi connectivity index (χ2n) is 15.9. The number of nitrogens with two attached hydrogens (primary N) is 1. The number of ether oxygens (including phenoxy) is 2. The number of aliphatic hydroxyl groups is 2. The number of aromatic hydroxyl groups is 1. The molecule has 0 atom stereocenters. The Morgan fingerprint density at radius 2 is 1.00 bits per heavy atom. The summed E-state index contributed by atoms with van der Waals surface area (Å²) in [6, 6.07) is 13.1. The molecule has 0 fully saturated rings. The molecular weight excluding hydrogens is 861 g/mol. The van der Waals surface area contributed by atoms with Crippen LogP contribution in [0.3, 0.4) is 0 Å². The van der Waals surface area contributed by atoms with Crippen molar-refractivity contribution in [1.82, 2.24) is 0 Å². The highest BCUT2D eigenvalue weighted by atomic mass is 35.5. The van der Waals surface area contributed by atoms with Gasteiger partial charge in [0.25, 0.3) is 0 Å². The van der Waals surface area contributed by atoms with Crippen LogP contribution in [0.4, 0.5) is 17.1 Å². The first kappa shape index (κ1) is 57.9. The van der Waals surface area contributed by atoms with Crippen LogP contribution in [0.15, 0.2) is 54.6 Å². The SMILES string of the molecule is C.CC(C)(C)[Si](C)(C)OCCCO.CC(C)(C)[Si](C)(C)OCCCOc1ccc(Cl)cc1[N+](=O)[O-].Nc1cc(Cl)ccc1OCCCO.O=[N+]([O-])c1cc(Cl)ccc1O. The number of anilines is 1. The number of phenols is 1. The maximum absolute atomic E-state index is 11.0. The van der Waals surface area contributed by atoms with Crippen LogP contribution in [0, 0.1) is 20.2 Å². The van der Waals surface area contributed by atoms with Gasteiger partial charge in [0.1, 0.15) is 5.75 Å². The maximum Gasteiger partial charge on any atom is 0.312 e. The van der Waals surface area contributed by atoms with Crippen LogP contribution < -0.4 is 15.2 Å². The minimum absolute atomic E-state index is 0. The average Bonchev–Trinajstić information content (AvgIpc) is 3.10. The molecule has 3 aromatic rings. The Labute approximate surface area is 367 Å². The number of rotatable bonds is 16. The molecule has 0 bridgehead atoms. The van der Waals surface area contributed by atoms with E-state index in [2.05, 4.69) is 67.7 Å². The number of halogens is 3. The van der Waals surface area contributed by atoms with E-state index in [4.69, 9.17) is 74.2 Å². The van der Waals surface area contributed by atoms with E-state index in [-0.39, 0.29) is 58.6 Å². The first-order valence-electron chi connectivity index (χ1n) is 18.6. The lowest BCUT2D eigenvalue weighted by atomic mass is 10.2. The summed E-state index contributed by atoms with van der Waals surface area (Å²) in [7, 11) is -3.30. The van der Waals surface area contributed by atoms with Gasteiger partial charge in [0, 0.05) is 66.5 Å². The number of aliphatic hydroxyl groups excluding tert-OH is 2. The van der Waals surface area contributed by atoms with Crippen molar-refractivity contribution in [2.75, 3.05) is 45.4 Å². The highest BCUT2D eigenvalue weighted by molar-refractivity contribution is 6.74. The second-order valence-corrected chi connectivity index (χ2v) is 26.8. The van der Waals surface area contributed by atoms with Crippen molar-refractivity contribution in [3.05, 3.63) is 89.9 Å². The van der Waals surface area contributed by atoms with Gasteiger partial charge < -0.3 is 39.4 Å². The van der Waals surface area contributed by atoms with E-state index < -0.39 is 26.5 Å². The molecule has 3 rings (SSSR count). The third-order valence-corrected chi connectivity index (χ3v) is 19.0. The molecule has 0 amide bonds. The van der Waals surface area contributed by atoms with E-state index in [1.807, 2.05) is 0 Å². The van der Waals surface area contributed by atoms with Crippen LogP contribution in [-0.4, -0.2) is 81.4 Å². The number of nitrogen functional groups attached to an aromatic ring is 1. The van der Waals surface area contributed by atoms with Crippen molar-refractivity contribution >= 4 is 68.5 Å². The molecule has 19 heteroatoms. The zero-order valence-electron chi connectivity index (χ0n) is 35.3. The molecule has 0 unspecified atom stereocenters. The monoisotopic (exact) mass is 925 g/mol. The molecule has 0 aliphatic heterocycles. The summed E-state index contributed by atoms with van der Waals surface area (Å²) in [4.78, 5) is 19.9. The normalized spacial score (nSPS) is 11.3. The number of nitrogens with zero attached hydrogens (tertiary/aromatic N) is 2. The Balaban J connectivity index is 0. The number of hydrogen-bond acceptors (Lipinski definition) is 12. The topological polar surface area (TPSA) is 210 Å². The van der Waals surface area contributed by atoms with Gasteiger partial charge in [-0.1, -0.05) is 83.8 Å². The number of nitro groups is 2. The molecule has 0 radical (unpaired) electrons. The van der Waals surface area contributed by atoms with E-state index in [0.29, 0.717) is 60.8 Å². The number of hydrogen-bond donors (Lipinski definition) is 4. The van der Waals surface area contributed by atoms with Crippen molar-refractivity contribution in [3.8, 4) is 17.2 Å². The summed E-state index contributed by atoms with van der Waals surface area (Å²) in [6.45, 7) is 24.5. The number of benzene rings is 3. The Hall–Kier alpha value is -3.20. The Morgan fingerprint density at radius 1 is 0.627 bits per heavy atom. The highest BCUT2D eigenvalue weighted by Gasteiger charge is 2.37. The Bertz CT molecular complexity index is 1710. The molecule has 59 heavy (non-hydrogen) atoms. The van der Waals surface area contributed by atoms with E-state index in [9.17, 15) is 20.2 Å². The maximum atomic E-state index is 11.0. The summed E-state index contributed by atoms with van der Waals surface area (Å²) < 4.78 is 22.6. The van der Waals surface area contributed by atoms with Gasteiger partial charge in [-0.05, 0) is 85.1 Å². The lowest BCUT2D eigenvalue weighted by Crippen LogP contribution is -2.41. The summed E-state index contributed by atoms with van der Waals surface area (Å²) in [5.41, 5.74) is 5.66. The van der Waals surface area contributed by atoms with Crippen molar-refractivity contribution < 1.29 is 43.5 Å². The van der Waals surface area contributed by atoms with E-state index >= 15 is 0 Å². The Kier molecular flexibility index (Phi) is 27.1. The van der Waals surface area contributed by atoms with Crippen LogP contribution in [0.1, 0.15) is 68.2 Å². The first-order chi connectivity index (χ1) is 26.7. The molecule has 0 saturated heterocycles. The molecule has 0 heterocycles. The van der Waals surface area contributed by atoms with Gasteiger partial charge in [-0.15, -0.1) is 0 Å². The van der Waals surface area contributed by atoms with Gasteiger partial charge in [0.05, 0.1) is 28.7 Å². The molecule has 5 N–H and O–H groups in total. The van der Waals surface area contributed by atoms with Gasteiger partial charge in [-0.3, -0.25) is 20.2 Å². The molecule has 0 aromatic heterocycles. The van der Waals surface area contributed by atoms with Crippen LogP contribution in [0.2, 0.25) is 51.3 Å². The van der Waals surface area contributed by atoms with Crippen LogP contribution in [0.25, 0.3) is 0 Å².